The molecule has 4 rings (SSSR count). The van der Waals surface area contributed by atoms with Crippen molar-refractivity contribution in [3.05, 3.63) is 136 Å². The molecule has 27 heavy (non-hydrogen) atoms. The summed E-state index contributed by atoms with van der Waals surface area (Å²) in [7, 11) is 0. The number of hydrogen-bond donors (Lipinski definition) is 1. The summed E-state index contributed by atoms with van der Waals surface area (Å²) in [5, 5.41) is 10.1. The molecule has 0 spiro atoms. The van der Waals surface area contributed by atoms with E-state index in [0.29, 0.717) is 4.47 Å². The van der Waals surface area contributed by atoms with Gasteiger partial charge in [0.2, 0.25) is 0 Å². The number of hydrogen-bond acceptors (Lipinski definition) is 1. The molecular weight excluding hydrogens is 396 g/mol. The summed E-state index contributed by atoms with van der Waals surface area (Å²) in [5.74, 6) is 0.238. The molecule has 0 bridgehead atoms. The van der Waals surface area contributed by atoms with Crippen molar-refractivity contribution in [3.8, 4) is 5.75 Å². The van der Waals surface area contributed by atoms with Gasteiger partial charge in [-0.3, -0.25) is 0 Å². The minimum atomic E-state index is -0.486. The van der Waals surface area contributed by atoms with E-state index in [1.54, 1.807) is 6.07 Å². The van der Waals surface area contributed by atoms with Gasteiger partial charge in [0.1, 0.15) is 5.75 Å². The molecule has 0 saturated carbocycles. The van der Waals surface area contributed by atoms with Crippen LogP contribution < -0.4 is 0 Å². The second-order valence-electron chi connectivity index (χ2n) is 6.51. The van der Waals surface area contributed by atoms with Crippen LogP contribution in [0.15, 0.2) is 114 Å². The van der Waals surface area contributed by atoms with Gasteiger partial charge >= 0.3 is 0 Å². The molecule has 0 saturated heterocycles. The Hall–Kier alpha value is -2.84. The Labute approximate surface area is 168 Å². The predicted molar refractivity (Wildman–Crippen MR) is 114 cm³/mol. The zero-order valence-electron chi connectivity index (χ0n) is 14.7. The maximum atomic E-state index is 10.1. The fraction of sp³-hybridized carbons (Fsp3) is 0.0400. The molecule has 0 aliphatic heterocycles. The zero-order chi connectivity index (χ0) is 18.7. The first kappa shape index (κ1) is 17.6. The molecule has 4 aromatic rings. The quantitative estimate of drug-likeness (QED) is 0.376. The monoisotopic (exact) mass is 414 g/mol. The van der Waals surface area contributed by atoms with Gasteiger partial charge in [-0.05, 0) is 50.3 Å². The number of benzene rings is 4. The Morgan fingerprint density at radius 1 is 0.519 bits per heavy atom. The molecular formula is C25H19BrO. The normalized spacial score (nSPS) is 11.3. The first-order valence-electron chi connectivity index (χ1n) is 8.88. The molecule has 1 N–H and O–H groups in total. The zero-order valence-corrected chi connectivity index (χ0v) is 16.3. The largest absolute Gasteiger partial charge is 0.507 e. The Morgan fingerprint density at radius 3 is 1.30 bits per heavy atom. The van der Waals surface area contributed by atoms with E-state index < -0.39 is 5.41 Å². The van der Waals surface area contributed by atoms with E-state index in [9.17, 15) is 5.11 Å². The molecule has 0 heterocycles. The topological polar surface area (TPSA) is 20.2 Å². The predicted octanol–water partition coefficient (Wildman–Crippen LogP) is 6.54. The summed E-state index contributed by atoms with van der Waals surface area (Å²) >= 11 is 3.51. The molecule has 0 fully saturated rings. The highest BCUT2D eigenvalue weighted by molar-refractivity contribution is 9.10. The molecule has 0 amide bonds. The summed E-state index contributed by atoms with van der Waals surface area (Å²) in [6.45, 7) is 0. The average Bonchev–Trinajstić information content (AvgIpc) is 2.74. The van der Waals surface area contributed by atoms with E-state index >= 15 is 0 Å². The van der Waals surface area contributed by atoms with Crippen LogP contribution in [0, 0.1) is 0 Å². The van der Waals surface area contributed by atoms with Crippen LogP contribution in [-0.2, 0) is 5.41 Å². The number of halogens is 1. The summed E-state index contributed by atoms with van der Waals surface area (Å²) in [4.78, 5) is 0. The first-order chi connectivity index (χ1) is 13.2. The van der Waals surface area contributed by atoms with Crippen molar-refractivity contribution in [1.29, 1.82) is 0 Å². The molecule has 0 aromatic heterocycles. The van der Waals surface area contributed by atoms with Crippen LogP contribution in [0.4, 0.5) is 0 Å². The van der Waals surface area contributed by atoms with Crippen molar-refractivity contribution in [2.45, 2.75) is 5.41 Å². The molecule has 132 valence electrons. The standard InChI is InChI=1S/C25H19BrO/c26-23-18-22(16-17-24(23)27)25(19-10-4-1-5-11-19,20-12-6-2-7-13-20)21-14-8-3-9-15-21/h1-18,27H. The van der Waals surface area contributed by atoms with Crippen LogP contribution in [0.25, 0.3) is 0 Å². The van der Waals surface area contributed by atoms with Gasteiger partial charge in [0.15, 0.2) is 0 Å². The lowest BCUT2D eigenvalue weighted by atomic mass is 9.65. The van der Waals surface area contributed by atoms with Crippen molar-refractivity contribution < 1.29 is 5.11 Å². The lowest BCUT2D eigenvalue weighted by Crippen LogP contribution is -2.30. The SMILES string of the molecule is Oc1ccc(C(c2ccccc2)(c2ccccc2)c2ccccc2)cc1Br. The van der Waals surface area contributed by atoms with Gasteiger partial charge in [0.05, 0.1) is 9.89 Å². The van der Waals surface area contributed by atoms with Crippen LogP contribution in [0.5, 0.6) is 5.75 Å². The van der Waals surface area contributed by atoms with E-state index in [4.69, 9.17) is 0 Å². The second kappa shape index (κ2) is 7.42. The fourth-order valence-electron chi connectivity index (χ4n) is 3.80. The van der Waals surface area contributed by atoms with Crippen molar-refractivity contribution in [3.63, 3.8) is 0 Å². The number of phenols is 1. The lowest BCUT2D eigenvalue weighted by Gasteiger charge is -2.37. The third kappa shape index (κ3) is 3.07. The van der Waals surface area contributed by atoms with Gasteiger partial charge in [-0.15, -0.1) is 0 Å². The van der Waals surface area contributed by atoms with Crippen LogP contribution in [0.1, 0.15) is 22.3 Å². The molecule has 1 nitrogen and oxygen atoms in total. The van der Waals surface area contributed by atoms with Gasteiger partial charge < -0.3 is 5.11 Å². The van der Waals surface area contributed by atoms with Crippen molar-refractivity contribution in [2.24, 2.45) is 0 Å². The Balaban J connectivity index is 2.14. The summed E-state index contributed by atoms with van der Waals surface area (Å²) < 4.78 is 0.687. The third-order valence-corrected chi connectivity index (χ3v) is 5.64. The molecule has 4 aromatic carbocycles. The summed E-state index contributed by atoms with van der Waals surface area (Å²) in [5.41, 5.74) is 4.15. The van der Waals surface area contributed by atoms with Gasteiger partial charge in [-0.25, -0.2) is 0 Å². The van der Waals surface area contributed by atoms with Crippen molar-refractivity contribution in [1.82, 2.24) is 0 Å². The highest BCUT2D eigenvalue weighted by atomic mass is 79.9. The highest BCUT2D eigenvalue weighted by Gasteiger charge is 2.38. The number of phenolic OH excluding ortho intramolecular Hbond substituents is 1. The van der Waals surface area contributed by atoms with Gasteiger partial charge in [0, 0.05) is 0 Å². The molecule has 0 radical (unpaired) electrons. The average molecular weight is 415 g/mol. The minimum Gasteiger partial charge on any atom is -0.507 e. The minimum absolute atomic E-state index is 0.238. The van der Waals surface area contributed by atoms with Crippen LogP contribution >= 0.6 is 15.9 Å². The molecule has 0 atom stereocenters. The van der Waals surface area contributed by atoms with E-state index in [2.05, 4.69) is 88.7 Å². The van der Waals surface area contributed by atoms with Gasteiger partial charge in [-0.1, -0.05) is 97.1 Å². The summed E-state index contributed by atoms with van der Waals surface area (Å²) in [6, 6.07) is 37.3. The van der Waals surface area contributed by atoms with E-state index in [-0.39, 0.29) is 5.75 Å². The van der Waals surface area contributed by atoms with Crippen LogP contribution in [0.3, 0.4) is 0 Å². The van der Waals surface area contributed by atoms with Crippen LogP contribution in [-0.4, -0.2) is 5.11 Å². The van der Waals surface area contributed by atoms with Crippen molar-refractivity contribution >= 4 is 15.9 Å². The maximum Gasteiger partial charge on any atom is 0.129 e. The first-order valence-corrected chi connectivity index (χ1v) is 9.68. The fourth-order valence-corrected chi connectivity index (χ4v) is 4.18. The highest BCUT2D eigenvalue weighted by Crippen LogP contribution is 2.46. The summed E-state index contributed by atoms with van der Waals surface area (Å²) in [6.07, 6.45) is 0. The lowest BCUT2D eigenvalue weighted by molar-refractivity contribution is 0.471. The Kier molecular flexibility index (Phi) is 4.83. The maximum absolute atomic E-state index is 10.1. The molecule has 0 unspecified atom stereocenters. The third-order valence-electron chi connectivity index (χ3n) is 5.00. The van der Waals surface area contributed by atoms with Gasteiger partial charge in [-0.2, -0.15) is 0 Å². The van der Waals surface area contributed by atoms with E-state index in [0.717, 1.165) is 5.56 Å². The smallest absolute Gasteiger partial charge is 0.129 e. The Morgan fingerprint density at radius 2 is 0.926 bits per heavy atom. The van der Waals surface area contributed by atoms with Crippen molar-refractivity contribution in [2.75, 3.05) is 0 Å². The van der Waals surface area contributed by atoms with Gasteiger partial charge in [0.25, 0.3) is 0 Å². The number of rotatable bonds is 4. The molecule has 2 heteroatoms. The van der Waals surface area contributed by atoms with E-state index in [1.807, 2.05) is 30.3 Å². The Bertz CT molecular complexity index is 931. The molecule has 0 aliphatic rings. The number of aromatic hydroxyl groups is 1. The van der Waals surface area contributed by atoms with E-state index in [1.165, 1.54) is 16.7 Å². The van der Waals surface area contributed by atoms with Crippen LogP contribution in [0.2, 0.25) is 0 Å². The molecule has 0 aliphatic carbocycles. The second-order valence-corrected chi connectivity index (χ2v) is 7.37.